The Morgan fingerprint density at radius 3 is 2.54 bits per heavy atom. The second-order valence-electron chi connectivity index (χ2n) is 5.21. The van der Waals surface area contributed by atoms with E-state index >= 15 is 0 Å². The summed E-state index contributed by atoms with van der Waals surface area (Å²) >= 11 is 0. The van der Waals surface area contributed by atoms with Crippen molar-refractivity contribution in [1.82, 2.24) is 19.5 Å². The molecule has 0 aliphatic carbocycles. The minimum atomic E-state index is -0.288. The zero-order valence-corrected chi connectivity index (χ0v) is 12.6. The zero-order chi connectivity index (χ0) is 16.4. The van der Waals surface area contributed by atoms with Gasteiger partial charge in [0.05, 0.1) is 23.6 Å². The van der Waals surface area contributed by atoms with Gasteiger partial charge in [-0.05, 0) is 36.4 Å². The van der Waals surface area contributed by atoms with Gasteiger partial charge in [-0.3, -0.25) is 9.78 Å². The van der Waals surface area contributed by atoms with Crippen LogP contribution in [0.5, 0.6) is 0 Å². The summed E-state index contributed by atoms with van der Waals surface area (Å²) < 4.78 is 1.89. The molecule has 0 saturated heterocycles. The molecule has 0 unspecified atom stereocenters. The minimum absolute atomic E-state index is 0.285. The Hall–Kier alpha value is -3.54. The molecule has 0 fully saturated rings. The maximum absolute atomic E-state index is 12.3. The zero-order valence-electron chi connectivity index (χ0n) is 12.6. The predicted molar refractivity (Wildman–Crippen MR) is 91.1 cm³/mol. The number of nitrogens with one attached hydrogen (secondary N) is 1. The Morgan fingerprint density at radius 2 is 1.79 bits per heavy atom. The number of nitrogens with zero attached hydrogens (tertiary/aromatic N) is 4. The van der Waals surface area contributed by atoms with E-state index in [1.165, 1.54) is 6.20 Å². The van der Waals surface area contributed by atoms with Crippen molar-refractivity contribution in [2.24, 2.45) is 0 Å². The van der Waals surface area contributed by atoms with Gasteiger partial charge in [-0.2, -0.15) is 0 Å². The molecule has 0 aliphatic heterocycles. The van der Waals surface area contributed by atoms with Gasteiger partial charge < -0.3 is 9.88 Å². The Morgan fingerprint density at radius 1 is 1.00 bits per heavy atom. The van der Waals surface area contributed by atoms with Crippen LogP contribution < -0.4 is 5.32 Å². The summed E-state index contributed by atoms with van der Waals surface area (Å²) in [5.74, 6) is -0.288. The van der Waals surface area contributed by atoms with E-state index in [0.717, 1.165) is 11.2 Å². The molecule has 116 valence electrons. The van der Waals surface area contributed by atoms with E-state index in [0.29, 0.717) is 11.2 Å². The van der Waals surface area contributed by atoms with Crippen LogP contribution in [0.4, 0.5) is 5.69 Å². The first-order chi connectivity index (χ1) is 11.8. The van der Waals surface area contributed by atoms with Crippen molar-refractivity contribution in [1.29, 1.82) is 0 Å². The first-order valence-electron chi connectivity index (χ1n) is 7.41. The number of carbonyl (C=O) groups is 1. The topological polar surface area (TPSA) is 72.7 Å². The van der Waals surface area contributed by atoms with Gasteiger partial charge in [-0.25, -0.2) is 9.97 Å². The fourth-order valence-corrected chi connectivity index (χ4v) is 2.39. The lowest BCUT2D eigenvalue weighted by Crippen LogP contribution is -2.14. The summed E-state index contributed by atoms with van der Waals surface area (Å²) in [6, 6.07) is 14.9. The van der Waals surface area contributed by atoms with Crippen LogP contribution in [0, 0.1) is 0 Å². The van der Waals surface area contributed by atoms with Crippen LogP contribution in [0.3, 0.4) is 0 Å². The highest BCUT2D eigenvalue weighted by Gasteiger charge is 2.09. The quantitative estimate of drug-likeness (QED) is 0.630. The minimum Gasteiger partial charge on any atom is -0.321 e. The molecular weight excluding hydrogens is 302 g/mol. The Kier molecular flexibility index (Phi) is 3.47. The lowest BCUT2D eigenvalue weighted by molar-refractivity contribution is 0.102. The summed E-state index contributed by atoms with van der Waals surface area (Å²) in [7, 11) is 0. The Balaban J connectivity index is 1.54. The van der Waals surface area contributed by atoms with E-state index in [-0.39, 0.29) is 11.6 Å². The van der Waals surface area contributed by atoms with Crippen molar-refractivity contribution in [3.63, 3.8) is 0 Å². The summed E-state index contributed by atoms with van der Waals surface area (Å²) in [6.07, 6.45) is 6.78. The van der Waals surface area contributed by atoms with Gasteiger partial charge in [0, 0.05) is 23.8 Å². The fraction of sp³-hybridized carbons (Fsp3) is 0. The first kappa shape index (κ1) is 14.1. The Labute approximate surface area is 137 Å². The van der Waals surface area contributed by atoms with Gasteiger partial charge in [0.15, 0.2) is 0 Å². The second-order valence-corrected chi connectivity index (χ2v) is 5.21. The van der Waals surface area contributed by atoms with E-state index in [1.54, 1.807) is 12.5 Å². The predicted octanol–water partition coefficient (Wildman–Crippen LogP) is 3.07. The molecular formula is C18H13N5O. The molecule has 6 heteroatoms. The molecule has 1 N–H and O–H groups in total. The fourth-order valence-electron chi connectivity index (χ4n) is 2.39. The highest BCUT2D eigenvalue weighted by Crippen LogP contribution is 2.14. The third kappa shape index (κ3) is 2.72. The summed E-state index contributed by atoms with van der Waals surface area (Å²) in [5.41, 5.74) is 3.40. The van der Waals surface area contributed by atoms with Gasteiger partial charge >= 0.3 is 0 Å². The number of aromatic nitrogens is 4. The monoisotopic (exact) mass is 315 g/mol. The average Bonchev–Trinajstić information content (AvgIpc) is 3.16. The molecule has 2 aromatic carbocycles. The van der Waals surface area contributed by atoms with Gasteiger partial charge in [-0.15, -0.1) is 0 Å². The summed E-state index contributed by atoms with van der Waals surface area (Å²) in [5, 5.41) is 2.83. The molecule has 0 bridgehead atoms. The van der Waals surface area contributed by atoms with Gasteiger partial charge in [-0.1, -0.05) is 12.1 Å². The largest absolute Gasteiger partial charge is 0.321 e. The number of hydrogen-bond donors (Lipinski definition) is 1. The molecule has 1 amide bonds. The number of benzene rings is 2. The van der Waals surface area contributed by atoms with Gasteiger partial charge in [0.25, 0.3) is 5.91 Å². The van der Waals surface area contributed by atoms with Crippen molar-refractivity contribution < 1.29 is 4.79 Å². The van der Waals surface area contributed by atoms with E-state index < -0.39 is 0 Å². The van der Waals surface area contributed by atoms with Crippen molar-refractivity contribution >= 4 is 22.6 Å². The molecule has 0 aliphatic rings. The third-order valence-corrected chi connectivity index (χ3v) is 3.61. The lowest BCUT2D eigenvalue weighted by Gasteiger charge is -2.07. The standard InChI is InChI=1S/C18H13N5O/c24-18(17-11-20-15-3-1-2-4-16(15)22-17)21-13-5-7-14(8-6-13)23-10-9-19-12-23/h1-12H,(H,21,24). The highest BCUT2D eigenvalue weighted by atomic mass is 16.1. The maximum atomic E-state index is 12.3. The van der Waals surface area contributed by atoms with E-state index in [1.807, 2.05) is 59.3 Å². The van der Waals surface area contributed by atoms with Crippen LogP contribution in [-0.2, 0) is 0 Å². The number of fused-ring (bicyclic) bond motifs is 1. The number of anilines is 1. The van der Waals surface area contributed by atoms with Crippen LogP contribution in [0.1, 0.15) is 10.5 Å². The van der Waals surface area contributed by atoms with Crippen molar-refractivity contribution in [3.8, 4) is 5.69 Å². The van der Waals surface area contributed by atoms with Crippen molar-refractivity contribution in [3.05, 3.63) is 79.1 Å². The molecule has 0 saturated carbocycles. The molecule has 2 heterocycles. The number of amides is 1. The second kappa shape index (κ2) is 5.92. The number of para-hydroxylation sites is 2. The molecule has 6 nitrogen and oxygen atoms in total. The molecule has 0 spiro atoms. The van der Waals surface area contributed by atoms with Crippen LogP contribution in [0.2, 0.25) is 0 Å². The smallest absolute Gasteiger partial charge is 0.275 e. The molecule has 2 aromatic heterocycles. The van der Waals surface area contributed by atoms with E-state index in [9.17, 15) is 4.79 Å². The third-order valence-electron chi connectivity index (χ3n) is 3.61. The number of imidazole rings is 1. The molecule has 0 radical (unpaired) electrons. The van der Waals surface area contributed by atoms with Crippen molar-refractivity contribution in [2.75, 3.05) is 5.32 Å². The first-order valence-corrected chi connectivity index (χ1v) is 7.41. The average molecular weight is 315 g/mol. The van der Waals surface area contributed by atoms with Crippen LogP contribution in [0.15, 0.2) is 73.4 Å². The molecule has 4 aromatic rings. The van der Waals surface area contributed by atoms with Crippen molar-refractivity contribution in [2.45, 2.75) is 0 Å². The number of rotatable bonds is 3. The SMILES string of the molecule is O=C(Nc1ccc(-n2ccnc2)cc1)c1cnc2ccccc2n1. The summed E-state index contributed by atoms with van der Waals surface area (Å²) in [6.45, 7) is 0. The normalized spacial score (nSPS) is 10.7. The molecule has 4 rings (SSSR count). The van der Waals surface area contributed by atoms with E-state index in [4.69, 9.17) is 0 Å². The Bertz CT molecular complexity index is 994. The number of hydrogen-bond acceptors (Lipinski definition) is 4. The lowest BCUT2D eigenvalue weighted by atomic mass is 10.2. The maximum Gasteiger partial charge on any atom is 0.275 e. The van der Waals surface area contributed by atoms with E-state index in [2.05, 4.69) is 20.3 Å². The highest BCUT2D eigenvalue weighted by molar-refractivity contribution is 6.03. The molecule has 24 heavy (non-hydrogen) atoms. The van der Waals surface area contributed by atoms with Crippen LogP contribution in [-0.4, -0.2) is 25.4 Å². The summed E-state index contributed by atoms with van der Waals surface area (Å²) in [4.78, 5) is 25.0. The van der Waals surface area contributed by atoms with Gasteiger partial charge in [0.2, 0.25) is 0 Å². The van der Waals surface area contributed by atoms with Crippen LogP contribution >= 0.6 is 0 Å². The number of carbonyl (C=O) groups excluding carboxylic acids is 1. The molecule has 0 atom stereocenters. The van der Waals surface area contributed by atoms with Crippen LogP contribution in [0.25, 0.3) is 16.7 Å². The van der Waals surface area contributed by atoms with Gasteiger partial charge in [0.1, 0.15) is 5.69 Å².